The number of nitrogens with zero attached hydrogens (tertiary/aromatic N) is 1. The second-order valence-electron chi connectivity index (χ2n) is 5.02. The van der Waals surface area contributed by atoms with Gasteiger partial charge in [-0.2, -0.15) is 0 Å². The minimum Gasteiger partial charge on any atom is -0.496 e. The first-order valence-corrected chi connectivity index (χ1v) is 6.49. The molecule has 1 aliphatic rings. The topological polar surface area (TPSA) is 41.6 Å². The van der Waals surface area contributed by atoms with E-state index in [-0.39, 0.29) is 6.61 Å². The summed E-state index contributed by atoms with van der Waals surface area (Å²) in [6, 6.07) is 14.8. The third-order valence-corrected chi connectivity index (χ3v) is 3.73. The van der Waals surface area contributed by atoms with Crippen LogP contribution in [-0.4, -0.2) is 13.7 Å². The number of benzene rings is 2. The molecular formula is C16H16NO3. The summed E-state index contributed by atoms with van der Waals surface area (Å²) in [5, 5.41) is 13.8. The Morgan fingerprint density at radius 2 is 1.85 bits per heavy atom. The van der Waals surface area contributed by atoms with Gasteiger partial charge in [0, 0.05) is 5.56 Å². The van der Waals surface area contributed by atoms with Crippen molar-refractivity contribution in [3.8, 4) is 11.5 Å². The van der Waals surface area contributed by atoms with Crippen LogP contribution in [0.2, 0.25) is 0 Å². The van der Waals surface area contributed by atoms with Gasteiger partial charge in [0.25, 0.3) is 0 Å². The van der Waals surface area contributed by atoms with Crippen LogP contribution >= 0.6 is 0 Å². The molecule has 103 valence electrons. The Bertz CT molecular complexity index is 629. The fourth-order valence-corrected chi connectivity index (χ4v) is 2.57. The average Bonchev–Trinajstić information content (AvgIpc) is 2.51. The zero-order valence-corrected chi connectivity index (χ0v) is 11.5. The molecule has 2 aromatic rings. The van der Waals surface area contributed by atoms with Crippen molar-refractivity contribution in [3.05, 3.63) is 54.1 Å². The highest BCUT2D eigenvalue weighted by Gasteiger charge is 2.42. The van der Waals surface area contributed by atoms with Crippen LogP contribution in [0.1, 0.15) is 12.5 Å². The van der Waals surface area contributed by atoms with E-state index in [4.69, 9.17) is 9.47 Å². The van der Waals surface area contributed by atoms with Crippen molar-refractivity contribution in [1.29, 1.82) is 0 Å². The first-order chi connectivity index (χ1) is 9.66. The van der Waals surface area contributed by atoms with Crippen LogP contribution in [0.5, 0.6) is 11.5 Å². The first kappa shape index (κ1) is 12.8. The van der Waals surface area contributed by atoms with Gasteiger partial charge in [-0.25, -0.2) is 5.06 Å². The van der Waals surface area contributed by atoms with Gasteiger partial charge in [-0.1, -0.05) is 35.5 Å². The molecular weight excluding hydrogens is 254 g/mol. The monoisotopic (exact) mass is 270 g/mol. The van der Waals surface area contributed by atoms with Gasteiger partial charge < -0.3 is 9.47 Å². The van der Waals surface area contributed by atoms with Gasteiger partial charge in [0.15, 0.2) is 0 Å². The molecule has 0 amide bonds. The molecule has 0 spiro atoms. The molecule has 1 atom stereocenters. The number of hydrogen-bond donors (Lipinski definition) is 0. The number of hydrogen-bond acceptors (Lipinski definition) is 3. The van der Waals surface area contributed by atoms with Gasteiger partial charge >= 0.3 is 0 Å². The molecule has 1 aliphatic heterocycles. The Morgan fingerprint density at radius 3 is 2.65 bits per heavy atom. The molecule has 4 nitrogen and oxygen atoms in total. The Morgan fingerprint density at radius 1 is 1.15 bits per heavy atom. The van der Waals surface area contributed by atoms with E-state index in [1.54, 1.807) is 13.2 Å². The molecule has 0 saturated carbocycles. The lowest BCUT2D eigenvalue weighted by molar-refractivity contribution is 0.0384. The van der Waals surface area contributed by atoms with Gasteiger partial charge in [-0.15, -0.1) is 0 Å². The van der Waals surface area contributed by atoms with Crippen molar-refractivity contribution in [3.63, 3.8) is 0 Å². The molecule has 1 radical (unpaired) electrons. The van der Waals surface area contributed by atoms with Gasteiger partial charge in [0.2, 0.25) is 0 Å². The van der Waals surface area contributed by atoms with E-state index in [1.165, 1.54) is 0 Å². The van der Waals surface area contributed by atoms with Crippen molar-refractivity contribution in [1.82, 2.24) is 0 Å². The Labute approximate surface area is 118 Å². The van der Waals surface area contributed by atoms with Gasteiger partial charge in [0.05, 0.1) is 7.11 Å². The molecule has 1 heterocycles. The molecule has 0 saturated heterocycles. The lowest BCUT2D eigenvalue weighted by Crippen LogP contribution is -2.48. The molecule has 4 heteroatoms. The minimum atomic E-state index is -0.805. The molecule has 1 unspecified atom stereocenters. The van der Waals surface area contributed by atoms with Crippen LogP contribution in [0.4, 0.5) is 5.69 Å². The van der Waals surface area contributed by atoms with Crippen LogP contribution in [0, 0.1) is 0 Å². The summed E-state index contributed by atoms with van der Waals surface area (Å²) in [5.74, 6) is 1.31. The summed E-state index contributed by atoms with van der Waals surface area (Å²) in [7, 11) is 1.61. The largest absolute Gasteiger partial charge is 0.496 e. The van der Waals surface area contributed by atoms with Crippen LogP contribution in [0.25, 0.3) is 0 Å². The zero-order valence-electron chi connectivity index (χ0n) is 11.5. The predicted molar refractivity (Wildman–Crippen MR) is 75.4 cm³/mol. The summed E-state index contributed by atoms with van der Waals surface area (Å²) in [5.41, 5.74) is 0.570. The number of rotatable bonds is 2. The molecule has 2 aromatic carbocycles. The summed E-state index contributed by atoms with van der Waals surface area (Å²) < 4.78 is 11.1. The fourth-order valence-electron chi connectivity index (χ4n) is 2.57. The van der Waals surface area contributed by atoms with Gasteiger partial charge in [-0.3, -0.25) is 0 Å². The van der Waals surface area contributed by atoms with Gasteiger partial charge in [-0.05, 0) is 25.1 Å². The quantitative estimate of drug-likeness (QED) is 0.841. The van der Waals surface area contributed by atoms with E-state index < -0.39 is 5.54 Å². The SMILES string of the molecule is COc1ccccc1C1(C)COc2ccccc2N1[O]. The lowest BCUT2D eigenvalue weighted by atomic mass is 9.90. The van der Waals surface area contributed by atoms with E-state index in [2.05, 4.69) is 0 Å². The molecule has 3 rings (SSSR count). The zero-order chi connectivity index (χ0) is 14.2. The van der Waals surface area contributed by atoms with Crippen LogP contribution in [0.15, 0.2) is 48.5 Å². The molecule has 0 aliphatic carbocycles. The molecule has 0 bridgehead atoms. The molecule has 0 N–H and O–H groups in total. The first-order valence-electron chi connectivity index (χ1n) is 6.49. The van der Waals surface area contributed by atoms with Gasteiger partial charge in [0.1, 0.15) is 29.3 Å². The Hall–Kier alpha value is -2.20. The van der Waals surface area contributed by atoms with E-state index in [0.717, 1.165) is 10.6 Å². The van der Waals surface area contributed by atoms with Crippen molar-refractivity contribution in [2.24, 2.45) is 0 Å². The smallest absolute Gasteiger partial charge is 0.145 e. The maximum atomic E-state index is 12.8. The number of ether oxygens (including phenoxy) is 2. The second-order valence-corrected chi connectivity index (χ2v) is 5.02. The number of fused-ring (bicyclic) bond motifs is 1. The van der Waals surface area contributed by atoms with E-state index in [1.807, 2.05) is 49.4 Å². The lowest BCUT2D eigenvalue weighted by Gasteiger charge is -2.41. The van der Waals surface area contributed by atoms with E-state index >= 15 is 0 Å². The number of anilines is 1. The summed E-state index contributed by atoms with van der Waals surface area (Å²) in [6.07, 6.45) is 0. The number of methoxy groups -OCH3 is 1. The van der Waals surface area contributed by atoms with Crippen molar-refractivity contribution in [2.75, 3.05) is 18.8 Å². The minimum absolute atomic E-state index is 0.286. The molecule has 0 aromatic heterocycles. The highest BCUT2D eigenvalue weighted by Crippen LogP contribution is 2.44. The Kier molecular flexibility index (Phi) is 3.03. The summed E-state index contributed by atoms with van der Waals surface area (Å²) in [4.78, 5) is 0. The second kappa shape index (κ2) is 4.72. The third kappa shape index (κ3) is 1.80. The maximum Gasteiger partial charge on any atom is 0.145 e. The standard InChI is InChI=1S/C16H16NO3/c1-16(12-7-3-5-9-14(12)19-2)11-20-15-10-6-4-8-13(15)17(16)18/h3-10H,11H2,1-2H3. The third-order valence-electron chi connectivity index (χ3n) is 3.73. The Balaban J connectivity index is 2.10. The predicted octanol–water partition coefficient (Wildman–Crippen LogP) is 3.15. The van der Waals surface area contributed by atoms with Crippen LogP contribution in [-0.2, 0) is 10.7 Å². The average molecular weight is 270 g/mol. The normalized spacial score (nSPS) is 21.1. The number of para-hydroxylation sites is 3. The van der Waals surface area contributed by atoms with E-state index in [9.17, 15) is 5.21 Å². The highest BCUT2D eigenvalue weighted by atomic mass is 16.5. The van der Waals surface area contributed by atoms with Crippen LogP contribution in [0.3, 0.4) is 0 Å². The summed E-state index contributed by atoms with van der Waals surface area (Å²) in [6.45, 7) is 2.15. The van der Waals surface area contributed by atoms with Crippen molar-refractivity contribution in [2.45, 2.75) is 12.5 Å². The van der Waals surface area contributed by atoms with Crippen molar-refractivity contribution >= 4 is 5.69 Å². The van der Waals surface area contributed by atoms with E-state index in [0.29, 0.717) is 17.2 Å². The maximum absolute atomic E-state index is 12.8. The summed E-state index contributed by atoms with van der Waals surface area (Å²) >= 11 is 0. The van der Waals surface area contributed by atoms with Crippen molar-refractivity contribution < 1.29 is 14.7 Å². The molecule has 0 fully saturated rings. The van der Waals surface area contributed by atoms with Crippen LogP contribution < -0.4 is 14.5 Å². The molecule has 20 heavy (non-hydrogen) atoms. The number of hydroxylamine groups is 1. The highest BCUT2D eigenvalue weighted by molar-refractivity contribution is 5.61. The fraction of sp³-hybridized carbons (Fsp3) is 0.250.